The van der Waals surface area contributed by atoms with Crippen molar-refractivity contribution in [2.45, 2.75) is 20.3 Å². The Morgan fingerprint density at radius 2 is 2.21 bits per heavy atom. The van der Waals surface area contributed by atoms with E-state index in [1.807, 2.05) is 0 Å². The third-order valence-electron chi connectivity index (χ3n) is 1.39. The van der Waals surface area contributed by atoms with Crippen molar-refractivity contribution in [2.75, 3.05) is 6.61 Å². The number of allylic oxidation sites excluding steroid dienone is 1. The Hall–Kier alpha value is -1.83. The average Bonchev–Trinajstić information content (AvgIpc) is 2.04. The first-order chi connectivity index (χ1) is 6.54. The second-order valence-corrected chi connectivity index (χ2v) is 2.50. The summed E-state index contributed by atoms with van der Waals surface area (Å²) < 4.78 is 4.63. The number of nitrogens with one attached hydrogen (secondary N) is 1. The Bertz CT molecular complexity index is 313. The lowest BCUT2D eigenvalue weighted by atomic mass is 10.1. The van der Waals surface area contributed by atoms with Crippen LogP contribution in [0.3, 0.4) is 0 Å². The van der Waals surface area contributed by atoms with E-state index in [2.05, 4.69) is 4.74 Å². The van der Waals surface area contributed by atoms with Gasteiger partial charge in [-0.25, -0.2) is 4.79 Å². The second kappa shape index (κ2) is 5.75. The number of nitrogens with zero attached hydrogens (tertiary/aromatic N) is 1. The molecule has 76 valence electrons. The Labute approximate surface area is 82.1 Å². The Morgan fingerprint density at radius 1 is 1.64 bits per heavy atom. The van der Waals surface area contributed by atoms with Gasteiger partial charge in [0, 0.05) is 5.71 Å². The number of nitriles is 1. The third kappa shape index (κ3) is 3.27. The highest BCUT2D eigenvalue weighted by Crippen LogP contribution is 2.09. The molecule has 0 unspecified atom stereocenters. The molecule has 0 bridgehead atoms. The average molecular weight is 196 g/mol. The predicted octanol–water partition coefficient (Wildman–Crippen LogP) is 1.31. The monoisotopic (exact) mass is 196 g/mol. The Balaban J connectivity index is 4.95. The first-order valence-corrected chi connectivity index (χ1v) is 4.06. The number of ether oxygens (including phenoxy) is 1. The Morgan fingerprint density at radius 3 is 2.57 bits per heavy atom. The van der Waals surface area contributed by atoms with Gasteiger partial charge in [-0.2, -0.15) is 5.26 Å². The van der Waals surface area contributed by atoms with Gasteiger partial charge in [-0.05, 0) is 13.8 Å². The molecule has 5 heteroatoms. The lowest BCUT2D eigenvalue weighted by Crippen LogP contribution is -2.15. The molecule has 0 fully saturated rings. The van der Waals surface area contributed by atoms with E-state index in [9.17, 15) is 9.90 Å². The van der Waals surface area contributed by atoms with Crippen LogP contribution in [0.25, 0.3) is 0 Å². The molecule has 0 spiro atoms. The van der Waals surface area contributed by atoms with Crippen molar-refractivity contribution in [1.82, 2.24) is 0 Å². The van der Waals surface area contributed by atoms with Crippen LogP contribution in [-0.2, 0) is 9.53 Å². The summed E-state index contributed by atoms with van der Waals surface area (Å²) in [6.07, 6.45) is -0.301. The number of rotatable bonds is 4. The number of aliphatic hydroxyl groups is 1. The van der Waals surface area contributed by atoms with Gasteiger partial charge in [-0.3, -0.25) is 0 Å². The van der Waals surface area contributed by atoms with Crippen LogP contribution in [0.4, 0.5) is 0 Å². The van der Waals surface area contributed by atoms with E-state index < -0.39 is 11.7 Å². The largest absolute Gasteiger partial charge is 0.510 e. The molecule has 2 N–H and O–H groups in total. The van der Waals surface area contributed by atoms with Crippen LogP contribution in [0.5, 0.6) is 0 Å². The molecule has 0 amide bonds. The van der Waals surface area contributed by atoms with Gasteiger partial charge >= 0.3 is 5.97 Å². The van der Waals surface area contributed by atoms with Crippen molar-refractivity contribution in [1.29, 1.82) is 10.7 Å². The summed E-state index contributed by atoms with van der Waals surface area (Å²) >= 11 is 0. The highest BCUT2D eigenvalue weighted by Gasteiger charge is 2.18. The van der Waals surface area contributed by atoms with Crippen molar-refractivity contribution < 1.29 is 14.6 Å². The third-order valence-corrected chi connectivity index (χ3v) is 1.39. The van der Waals surface area contributed by atoms with Gasteiger partial charge in [-0.15, -0.1) is 0 Å². The SMILES string of the molecule is CCOC(=O)/C(C(C)=N)=C(\O)CC#N. The van der Waals surface area contributed by atoms with E-state index in [4.69, 9.17) is 10.7 Å². The molecule has 0 aromatic carbocycles. The van der Waals surface area contributed by atoms with Gasteiger partial charge in [0.25, 0.3) is 0 Å². The summed E-state index contributed by atoms with van der Waals surface area (Å²) in [6, 6.07) is 1.69. The van der Waals surface area contributed by atoms with Crippen molar-refractivity contribution in [3.8, 4) is 6.07 Å². The fourth-order valence-corrected chi connectivity index (χ4v) is 0.854. The van der Waals surface area contributed by atoms with Gasteiger partial charge in [0.05, 0.1) is 19.1 Å². The predicted molar refractivity (Wildman–Crippen MR) is 49.9 cm³/mol. The maximum absolute atomic E-state index is 11.2. The summed E-state index contributed by atoms with van der Waals surface area (Å²) in [6.45, 7) is 3.13. The molecule has 14 heavy (non-hydrogen) atoms. The highest BCUT2D eigenvalue weighted by atomic mass is 16.5. The van der Waals surface area contributed by atoms with Crippen molar-refractivity contribution in [3.63, 3.8) is 0 Å². The zero-order valence-corrected chi connectivity index (χ0v) is 8.13. The van der Waals surface area contributed by atoms with Gasteiger partial charge in [-0.1, -0.05) is 0 Å². The molecule has 0 aliphatic rings. The van der Waals surface area contributed by atoms with Gasteiger partial charge in [0.1, 0.15) is 11.3 Å². The minimum atomic E-state index is -0.771. The molecule has 0 aliphatic carbocycles. The van der Waals surface area contributed by atoms with Crippen LogP contribution in [0.15, 0.2) is 11.3 Å². The lowest BCUT2D eigenvalue weighted by Gasteiger charge is -2.06. The van der Waals surface area contributed by atoms with E-state index in [0.717, 1.165) is 0 Å². The van der Waals surface area contributed by atoms with Gasteiger partial charge in [0.2, 0.25) is 0 Å². The van der Waals surface area contributed by atoms with Crippen molar-refractivity contribution >= 4 is 11.7 Å². The smallest absolute Gasteiger partial charge is 0.343 e. The van der Waals surface area contributed by atoms with Crippen LogP contribution in [0, 0.1) is 16.7 Å². The second-order valence-electron chi connectivity index (χ2n) is 2.50. The fraction of sp³-hybridized carbons (Fsp3) is 0.444. The maximum atomic E-state index is 11.2. The quantitative estimate of drug-likeness (QED) is 0.307. The first kappa shape index (κ1) is 12.2. The summed E-state index contributed by atoms with van der Waals surface area (Å²) in [5, 5.41) is 24.8. The molecular formula is C9H12N2O3. The van der Waals surface area contributed by atoms with Crippen LogP contribution in [0.1, 0.15) is 20.3 Å². The number of carbonyl (C=O) groups excluding carboxylic acids is 1. The maximum Gasteiger partial charge on any atom is 0.343 e. The first-order valence-electron chi connectivity index (χ1n) is 4.06. The number of carbonyl (C=O) groups is 1. The minimum Gasteiger partial charge on any atom is -0.510 e. The molecule has 0 atom stereocenters. The molecule has 0 heterocycles. The molecular weight excluding hydrogens is 184 g/mol. The molecule has 0 aromatic heterocycles. The molecule has 0 radical (unpaired) electrons. The normalized spacial score (nSPS) is 11.2. The van der Waals surface area contributed by atoms with Crippen molar-refractivity contribution in [2.24, 2.45) is 0 Å². The fourth-order valence-electron chi connectivity index (χ4n) is 0.854. The Kier molecular flexibility index (Phi) is 5.00. The topological polar surface area (TPSA) is 94.2 Å². The summed E-state index contributed by atoms with van der Waals surface area (Å²) in [4.78, 5) is 11.2. The lowest BCUT2D eigenvalue weighted by molar-refractivity contribution is -0.138. The molecule has 0 saturated carbocycles. The zero-order chi connectivity index (χ0) is 11.1. The van der Waals surface area contributed by atoms with E-state index in [0.29, 0.717) is 0 Å². The summed E-state index contributed by atoms with van der Waals surface area (Å²) in [5.41, 5.74) is -0.343. The van der Waals surface area contributed by atoms with Crippen LogP contribution >= 0.6 is 0 Å². The van der Waals surface area contributed by atoms with Gasteiger partial charge < -0.3 is 15.3 Å². The van der Waals surface area contributed by atoms with E-state index in [1.54, 1.807) is 13.0 Å². The minimum absolute atomic E-state index is 0.115. The summed E-state index contributed by atoms with van der Waals surface area (Å²) in [5.74, 6) is -1.19. The van der Waals surface area contributed by atoms with Crippen LogP contribution in [0.2, 0.25) is 0 Å². The molecule has 0 saturated heterocycles. The molecule has 0 rings (SSSR count). The molecule has 0 aliphatic heterocycles. The number of hydrogen-bond acceptors (Lipinski definition) is 5. The zero-order valence-electron chi connectivity index (χ0n) is 8.13. The molecule has 5 nitrogen and oxygen atoms in total. The highest BCUT2D eigenvalue weighted by molar-refractivity contribution is 6.17. The van der Waals surface area contributed by atoms with Crippen LogP contribution < -0.4 is 0 Å². The number of esters is 1. The van der Waals surface area contributed by atoms with E-state index in [-0.39, 0.29) is 24.3 Å². The standard InChI is InChI=1S/C9H12N2O3/c1-3-14-9(13)8(6(2)11)7(12)4-5-10/h11-12H,3-4H2,1-2H3/b8-7-,11-6?. The molecule has 0 aromatic rings. The van der Waals surface area contributed by atoms with Gasteiger partial charge in [0.15, 0.2) is 0 Å². The van der Waals surface area contributed by atoms with E-state index in [1.165, 1.54) is 6.92 Å². The van der Waals surface area contributed by atoms with E-state index >= 15 is 0 Å². The number of aliphatic hydroxyl groups excluding tert-OH is 1. The van der Waals surface area contributed by atoms with Crippen LogP contribution in [-0.4, -0.2) is 23.4 Å². The van der Waals surface area contributed by atoms with Crippen molar-refractivity contribution in [3.05, 3.63) is 11.3 Å². The summed E-state index contributed by atoms with van der Waals surface area (Å²) in [7, 11) is 0. The number of hydrogen-bond donors (Lipinski definition) is 2.